The number of H-pyrrole nitrogens is 1. The maximum atomic E-state index is 4.72. The SMILES string of the molecule is CC1=NC(=C(c2ccc(C)[nH]2)c2c(C)cc(C)cc2C)C=C1. The molecular weight excluding hydrogens is 268 g/mol. The van der Waals surface area contributed by atoms with E-state index >= 15 is 0 Å². The number of allylic oxidation sites excluding steroid dienone is 2. The smallest absolute Gasteiger partial charge is 0.0732 e. The van der Waals surface area contributed by atoms with Gasteiger partial charge in [-0.3, -0.25) is 4.99 Å². The highest BCUT2D eigenvalue weighted by atomic mass is 14.8. The van der Waals surface area contributed by atoms with Crippen molar-refractivity contribution in [3.63, 3.8) is 0 Å². The lowest BCUT2D eigenvalue weighted by Gasteiger charge is -2.16. The summed E-state index contributed by atoms with van der Waals surface area (Å²) in [6.07, 6.45) is 4.18. The van der Waals surface area contributed by atoms with E-state index in [9.17, 15) is 0 Å². The Hall–Kier alpha value is -2.35. The molecule has 0 aliphatic carbocycles. The first-order valence-corrected chi connectivity index (χ1v) is 7.67. The van der Waals surface area contributed by atoms with Crippen LogP contribution in [0, 0.1) is 27.7 Å². The van der Waals surface area contributed by atoms with Gasteiger partial charge in [0.15, 0.2) is 0 Å². The Morgan fingerprint density at radius 2 is 1.59 bits per heavy atom. The summed E-state index contributed by atoms with van der Waals surface area (Å²) in [5.74, 6) is 0. The van der Waals surface area contributed by atoms with Gasteiger partial charge in [-0.2, -0.15) is 0 Å². The number of aromatic nitrogens is 1. The molecule has 3 rings (SSSR count). The number of aryl methyl sites for hydroxylation is 4. The van der Waals surface area contributed by atoms with Gasteiger partial charge in [0.25, 0.3) is 0 Å². The Kier molecular flexibility index (Phi) is 3.61. The average molecular weight is 290 g/mol. The predicted molar refractivity (Wildman–Crippen MR) is 94.5 cm³/mol. The van der Waals surface area contributed by atoms with Crippen LogP contribution >= 0.6 is 0 Å². The van der Waals surface area contributed by atoms with Gasteiger partial charge in [0.1, 0.15) is 0 Å². The fourth-order valence-electron chi connectivity index (χ4n) is 3.23. The highest BCUT2D eigenvalue weighted by molar-refractivity contribution is 5.99. The van der Waals surface area contributed by atoms with E-state index in [4.69, 9.17) is 4.99 Å². The normalized spacial score (nSPS) is 16.1. The maximum absolute atomic E-state index is 4.72. The molecule has 0 spiro atoms. The van der Waals surface area contributed by atoms with Crippen molar-refractivity contribution in [2.75, 3.05) is 0 Å². The van der Waals surface area contributed by atoms with Gasteiger partial charge >= 0.3 is 0 Å². The van der Waals surface area contributed by atoms with Crippen LogP contribution in [0.4, 0.5) is 0 Å². The topological polar surface area (TPSA) is 28.1 Å². The van der Waals surface area contributed by atoms with Crippen LogP contribution in [0.15, 0.2) is 47.1 Å². The van der Waals surface area contributed by atoms with E-state index in [1.807, 2.05) is 6.92 Å². The molecule has 0 atom stereocenters. The molecule has 2 heterocycles. The van der Waals surface area contributed by atoms with E-state index in [0.717, 1.165) is 22.8 Å². The Morgan fingerprint density at radius 1 is 0.909 bits per heavy atom. The summed E-state index contributed by atoms with van der Waals surface area (Å²) in [5, 5.41) is 0. The van der Waals surface area contributed by atoms with E-state index in [0.29, 0.717) is 0 Å². The summed E-state index contributed by atoms with van der Waals surface area (Å²) in [6.45, 7) is 10.6. The van der Waals surface area contributed by atoms with Gasteiger partial charge in [0.05, 0.1) is 5.70 Å². The number of nitrogens with zero attached hydrogens (tertiary/aromatic N) is 1. The zero-order valence-electron chi connectivity index (χ0n) is 13.9. The second-order valence-corrected chi connectivity index (χ2v) is 6.18. The maximum Gasteiger partial charge on any atom is 0.0732 e. The molecule has 1 aromatic carbocycles. The summed E-state index contributed by atoms with van der Waals surface area (Å²) in [7, 11) is 0. The molecule has 112 valence electrons. The minimum atomic E-state index is 1.04. The van der Waals surface area contributed by atoms with Crippen molar-refractivity contribution in [3.05, 3.63) is 75.8 Å². The quantitative estimate of drug-likeness (QED) is 0.802. The molecule has 0 saturated heterocycles. The predicted octanol–water partition coefficient (Wildman–Crippen LogP) is 5.04. The van der Waals surface area contributed by atoms with Crippen molar-refractivity contribution in [1.82, 2.24) is 4.98 Å². The van der Waals surface area contributed by atoms with Gasteiger partial charge in [-0.25, -0.2) is 0 Å². The molecule has 2 heteroatoms. The van der Waals surface area contributed by atoms with E-state index < -0.39 is 0 Å². The largest absolute Gasteiger partial charge is 0.359 e. The highest BCUT2D eigenvalue weighted by Gasteiger charge is 2.18. The van der Waals surface area contributed by atoms with Crippen molar-refractivity contribution < 1.29 is 0 Å². The second kappa shape index (κ2) is 5.45. The van der Waals surface area contributed by atoms with Crippen molar-refractivity contribution in [2.24, 2.45) is 4.99 Å². The molecule has 0 saturated carbocycles. The molecule has 0 fully saturated rings. The van der Waals surface area contributed by atoms with Crippen molar-refractivity contribution >= 4 is 11.3 Å². The lowest BCUT2D eigenvalue weighted by Crippen LogP contribution is -1.99. The van der Waals surface area contributed by atoms with Crippen molar-refractivity contribution in [1.29, 1.82) is 0 Å². The summed E-state index contributed by atoms with van der Waals surface area (Å²) in [4.78, 5) is 8.20. The van der Waals surface area contributed by atoms with Crippen molar-refractivity contribution in [2.45, 2.75) is 34.6 Å². The van der Waals surface area contributed by atoms with Crippen LogP contribution < -0.4 is 0 Å². The Bertz CT molecular complexity index is 806. The number of benzene rings is 1. The van der Waals surface area contributed by atoms with E-state index in [1.54, 1.807) is 0 Å². The van der Waals surface area contributed by atoms with Crippen LogP contribution in [-0.2, 0) is 0 Å². The van der Waals surface area contributed by atoms with E-state index in [1.165, 1.54) is 27.8 Å². The van der Waals surface area contributed by atoms with Gasteiger partial charge in [-0.05, 0) is 75.6 Å². The fourth-order valence-corrected chi connectivity index (χ4v) is 3.23. The lowest BCUT2D eigenvalue weighted by atomic mass is 9.91. The highest BCUT2D eigenvalue weighted by Crippen LogP contribution is 2.34. The monoisotopic (exact) mass is 290 g/mol. The molecule has 22 heavy (non-hydrogen) atoms. The van der Waals surface area contributed by atoms with Crippen LogP contribution in [0.3, 0.4) is 0 Å². The van der Waals surface area contributed by atoms with Gasteiger partial charge in [-0.1, -0.05) is 17.7 Å². The molecule has 0 bridgehead atoms. The number of hydrogen-bond acceptors (Lipinski definition) is 1. The Morgan fingerprint density at radius 3 is 2.09 bits per heavy atom. The fraction of sp³-hybridized carbons (Fsp3) is 0.250. The first kappa shape index (κ1) is 14.6. The van der Waals surface area contributed by atoms with Gasteiger partial charge in [-0.15, -0.1) is 0 Å². The molecule has 2 aromatic rings. The number of rotatable bonds is 2. The molecule has 1 N–H and O–H groups in total. The Labute approximate surface area is 132 Å². The van der Waals surface area contributed by atoms with E-state index in [-0.39, 0.29) is 0 Å². The number of aromatic amines is 1. The zero-order chi connectivity index (χ0) is 15.9. The summed E-state index contributed by atoms with van der Waals surface area (Å²) in [6, 6.07) is 8.75. The molecule has 0 unspecified atom stereocenters. The first-order chi connectivity index (χ1) is 10.5. The lowest BCUT2D eigenvalue weighted by molar-refractivity contribution is 1.21. The van der Waals surface area contributed by atoms with Crippen molar-refractivity contribution in [3.8, 4) is 0 Å². The molecule has 0 amide bonds. The molecule has 1 aliphatic rings. The number of hydrogen-bond donors (Lipinski definition) is 1. The summed E-state index contributed by atoms with van der Waals surface area (Å²) in [5.41, 5.74) is 10.7. The Balaban J connectivity index is 2.31. The zero-order valence-corrected chi connectivity index (χ0v) is 13.9. The number of aliphatic imine (C=N–C) groups is 1. The van der Waals surface area contributed by atoms with Crippen LogP contribution in [0.1, 0.15) is 40.6 Å². The average Bonchev–Trinajstić information content (AvgIpc) is 3.02. The minimum Gasteiger partial charge on any atom is -0.359 e. The van der Waals surface area contributed by atoms with Gasteiger partial charge < -0.3 is 4.98 Å². The van der Waals surface area contributed by atoms with Crippen LogP contribution in [-0.4, -0.2) is 10.7 Å². The number of nitrogens with one attached hydrogen (secondary N) is 1. The van der Waals surface area contributed by atoms with Crippen LogP contribution in [0.5, 0.6) is 0 Å². The third-order valence-corrected chi connectivity index (χ3v) is 4.06. The standard InChI is InChI=1S/C20H22N2/c1-12-10-13(2)19(14(3)11-12)20(17-8-6-15(4)21-17)18-9-7-16(5)22-18/h6-11,21H,1-5H3. The third-order valence-electron chi connectivity index (χ3n) is 4.06. The van der Waals surface area contributed by atoms with Crippen LogP contribution in [0.2, 0.25) is 0 Å². The minimum absolute atomic E-state index is 1.04. The van der Waals surface area contributed by atoms with Gasteiger partial charge in [0, 0.05) is 22.7 Å². The summed E-state index contributed by atoms with van der Waals surface area (Å²) >= 11 is 0. The molecule has 2 nitrogen and oxygen atoms in total. The molecular formula is C20H22N2. The first-order valence-electron chi connectivity index (χ1n) is 7.67. The third kappa shape index (κ3) is 2.57. The summed E-state index contributed by atoms with van der Waals surface area (Å²) < 4.78 is 0. The van der Waals surface area contributed by atoms with Gasteiger partial charge in [0.2, 0.25) is 0 Å². The molecule has 0 radical (unpaired) electrons. The second-order valence-electron chi connectivity index (χ2n) is 6.18. The molecule has 1 aromatic heterocycles. The van der Waals surface area contributed by atoms with Crippen LogP contribution in [0.25, 0.3) is 5.57 Å². The molecule has 1 aliphatic heterocycles. The van der Waals surface area contributed by atoms with E-state index in [2.05, 4.69) is 69.1 Å².